The summed E-state index contributed by atoms with van der Waals surface area (Å²) in [4.78, 5) is 29.8. The Labute approximate surface area is 119 Å². The summed E-state index contributed by atoms with van der Waals surface area (Å²) in [6.07, 6.45) is 0. The highest BCUT2D eigenvalue weighted by Gasteiger charge is 2.15. The Hall–Kier alpha value is -1.55. The van der Waals surface area contributed by atoms with Gasteiger partial charge in [-0.2, -0.15) is 0 Å². The lowest BCUT2D eigenvalue weighted by Crippen LogP contribution is -2.43. The van der Waals surface area contributed by atoms with Crippen molar-refractivity contribution in [1.82, 2.24) is 19.1 Å². The van der Waals surface area contributed by atoms with E-state index in [1.807, 2.05) is 0 Å². The van der Waals surface area contributed by atoms with Crippen molar-refractivity contribution < 1.29 is 5.41 Å². The minimum atomic E-state index is -0.497. The Morgan fingerprint density at radius 3 is 2.89 bits per heavy atom. The molecule has 2 aromatic rings. The first-order valence-electron chi connectivity index (χ1n) is 5.27. The molecule has 0 atom stereocenters. The van der Waals surface area contributed by atoms with Gasteiger partial charge in [-0.1, -0.05) is 0 Å². The van der Waals surface area contributed by atoms with Gasteiger partial charge in [-0.15, -0.1) is 0 Å². The van der Waals surface area contributed by atoms with Gasteiger partial charge in [0.1, 0.15) is 0 Å². The van der Waals surface area contributed by atoms with Crippen LogP contribution in [0.5, 0.6) is 0 Å². The van der Waals surface area contributed by atoms with E-state index in [4.69, 9.17) is 11.1 Å². The number of nitrogens with one attached hydrogen (secondary N) is 1. The number of imidazole rings is 1. The molecule has 19 heavy (non-hydrogen) atoms. The van der Waals surface area contributed by atoms with Crippen molar-refractivity contribution in [3.63, 3.8) is 0 Å². The zero-order valence-electron chi connectivity index (χ0n) is 10.0. The van der Waals surface area contributed by atoms with Crippen LogP contribution >= 0.6 is 27.7 Å². The average Bonchev–Trinajstić information content (AvgIpc) is 2.64. The minimum absolute atomic E-state index is 0.266. The number of amidine groups is 1. The highest BCUT2D eigenvalue weighted by molar-refractivity contribution is 9.10. The number of aromatic amines is 1. The third kappa shape index (κ3) is 2.59. The van der Waals surface area contributed by atoms with E-state index in [1.54, 1.807) is 11.6 Å². The van der Waals surface area contributed by atoms with Gasteiger partial charge >= 0.3 is 5.69 Å². The SMILES string of the molecule is Cn1c(=O)[nH]c(=O)c2c1nc(Br)n2CCSC(N)=[NH2+]. The summed E-state index contributed by atoms with van der Waals surface area (Å²) in [5, 5.41) is 5.63. The highest BCUT2D eigenvalue weighted by Crippen LogP contribution is 2.16. The summed E-state index contributed by atoms with van der Waals surface area (Å²) in [5.74, 6) is 0.592. The van der Waals surface area contributed by atoms with Crippen LogP contribution in [0.25, 0.3) is 11.2 Å². The molecule has 10 heteroatoms. The number of hydrogen-bond acceptors (Lipinski definition) is 4. The molecule has 2 rings (SSSR count). The zero-order chi connectivity index (χ0) is 14.2. The Morgan fingerprint density at radius 1 is 1.58 bits per heavy atom. The van der Waals surface area contributed by atoms with Crippen molar-refractivity contribution in [1.29, 1.82) is 0 Å². The molecular weight excluding hydrogens is 336 g/mol. The summed E-state index contributed by atoms with van der Waals surface area (Å²) in [5.41, 5.74) is 5.07. The smallest absolute Gasteiger partial charge is 0.312 e. The lowest BCUT2D eigenvalue weighted by molar-refractivity contribution is -0.110. The zero-order valence-corrected chi connectivity index (χ0v) is 12.4. The molecule has 102 valence electrons. The number of aryl methyl sites for hydroxylation is 2. The van der Waals surface area contributed by atoms with Crippen LogP contribution in [-0.2, 0) is 13.6 Å². The Kier molecular flexibility index (Phi) is 3.80. The molecule has 2 aromatic heterocycles. The first-order valence-corrected chi connectivity index (χ1v) is 7.05. The lowest BCUT2D eigenvalue weighted by atomic mass is 10.5. The van der Waals surface area contributed by atoms with Crippen LogP contribution in [0.3, 0.4) is 0 Å². The van der Waals surface area contributed by atoms with Crippen molar-refractivity contribution in [3.05, 3.63) is 25.6 Å². The molecule has 2 heterocycles. The lowest BCUT2D eigenvalue weighted by Gasteiger charge is -2.03. The maximum atomic E-state index is 11.9. The molecule has 0 aliphatic rings. The van der Waals surface area contributed by atoms with E-state index < -0.39 is 11.2 Å². The molecule has 8 nitrogen and oxygen atoms in total. The first kappa shape index (κ1) is 13.9. The van der Waals surface area contributed by atoms with Crippen LogP contribution in [0.4, 0.5) is 0 Å². The number of H-pyrrole nitrogens is 1. The van der Waals surface area contributed by atoms with Gasteiger partial charge in [0.25, 0.3) is 10.7 Å². The molecule has 0 aliphatic carbocycles. The second-order valence-electron chi connectivity index (χ2n) is 3.77. The van der Waals surface area contributed by atoms with E-state index in [0.717, 1.165) is 0 Å². The van der Waals surface area contributed by atoms with E-state index in [0.29, 0.717) is 28.2 Å². The van der Waals surface area contributed by atoms with E-state index in [2.05, 4.69) is 25.9 Å². The minimum Gasteiger partial charge on any atom is -0.312 e. The topological polar surface area (TPSA) is 124 Å². The summed E-state index contributed by atoms with van der Waals surface area (Å²) >= 11 is 4.56. The molecular formula is C9H12BrN6O2S+. The third-order valence-electron chi connectivity index (χ3n) is 2.54. The maximum absolute atomic E-state index is 11.9. The number of aromatic nitrogens is 4. The van der Waals surface area contributed by atoms with E-state index in [1.165, 1.54) is 16.3 Å². The van der Waals surface area contributed by atoms with Gasteiger partial charge in [0.15, 0.2) is 15.9 Å². The monoisotopic (exact) mass is 347 g/mol. The summed E-state index contributed by atoms with van der Waals surface area (Å²) in [6, 6.07) is 0. The van der Waals surface area contributed by atoms with Gasteiger partial charge in [0, 0.05) is 19.3 Å². The molecule has 0 radical (unpaired) electrons. The largest absolute Gasteiger partial charge is 0.329 e. The molecule has 0 amide bonds. The predicted molar refractivity (Wildman–Crippen MR) is 76.9 cm³/mol. The Morgan fingerprint density at radius 2 is 2.26 bits per heavy atom. The fourth-order valence-electron chi connectivity index (χ4n) is 1.67. The van der Waals surface area contributed by atoms with E-state index in [-0.39, 0.29) is 5.17 Å². The molecule has 0 fully saturated rings. The number of thioether (sulfide) groups is 1. The molecule has 0 bridgehead atoms. The highest BCUT2D eigenvalue weighted by atomic mass is 79.9. The normalized spacial score (nSPS) is 11.1. The van der Waals surface area contributed by atoms with Crippen LogP contribution in [0.15, 0.2) is 14.3 Å². The second-order valence-corrected chi connectivity index (χ2v) is 5.65. The van der Waals surface area contributed by atoms with Crippen LogP contribution < -0.4 is 22.4 Å². The van der Waals surface area contributed by atoms with E-state index in [9.17, 15) is 9.59 Å². The molecule has 0 spiro atoms. The Balaban J connectivity index is 2.53. The molecule has 0 unspecified atom stereocenters. The number of rotatable bonds is 3. The van der Waals surface area contributed by atoms with Crippen molar-refractivity contribution in [3.8, 4) is 0 Å². The van der Waals surface area contributed by atoms with Crippen LogP contribution in [0.2, 0.25) is 0 Å². The second kappa shape index (κ2) is 5.21. The molecule has 0 aliphatic heterocycles. The number of nitrogens with zero attached hydrogens (tertiary/aromatic N) is 3. The van der Waals surface area contributed by atoms with Crippen molar-refractivity contribution in [2.75, 3.05) is 5.75 Å². The summed E-state index contributed by atoms with van der Waals surface area (Å²) in [7, 11) is 1.55. The van der Waals surface area contributed by atoms with Crippen LogP contribution in [0.1, 0.15) is 0 Å². The van der Waals surface area contributed by atoms with Gasteiger partial charge in [-0.3, -0.25) is 25.5 Å². The molecule has 0 saturated carbocycles. The molecule has 0 saturated heterocycles. The number of nitrogens with two attached hydrogens (primary N) is 2. The fourth-order valence-corrected chi connectivity index (χ4v) is 2.70. The van der Waals surface area contributed by atoms with Crippen molar-refractivity contribution in [2.24, 2.45) is 12.8 Å². The fraction of sp³-hybridized carbons (Fsp3) is 0.333. The third-order valence-corrected chi connectivity index (χ3v) is 3.87. The van der Waals surface area contributed by atoms with E-state index >= 15 is 0 Å². The first-order chi connectivity index (χ1) is 8.91. The van der Waals surface area contributed by atoms with Gasteiger partial charge in [0.2, 0.25) is 0 Å². The molecule has 5 N–H and O–H groups in total. The van der Waals surface area contributed by atoms with Crippen molar-refractivity contribution >= 4 is 44.0 Å². The molecule has 0 aromatic carbocycles. The van der Waals surface area contributed by atoms with Gasteiger partial charge in [0.05, 0.1) is 0 Å². The maximum Gasteiger partial charge on any atom is 0.329 e. The average molecular weight is 348 g/mol. The van der Waals surface area contributed by atoms with Gasteiger partial charge in [-0.25, -0.2) is 9.78 Å². The number of fused-ring (bicyclic) bond motifs is 1. The summed E-state index contributed by atoms with van der Waals surface area (Å²) in [6.45, 7) is 0.487. The van der Waals surface area contributed by atoms with Crippen molar-refractivity contribution in [2.45, 2.75) is 6.54 Å². The summed E-state index contributed by atoms with van der Waals surface area (Å²) < 4.78 is 3.43. The van der Waals surface area contributed by atoms with Gasteiger partial charge in [-0.05, 0) is 27.7 Å². The predicted octanol–water partition coefficient (Wildman–Crippen LogP) is -2.01. The number of hydrogen-bond donors (Lipinski definition) is 3. The van der Waals surface area contributed by atoms with Crippen LogP contribution in [-0.4, -0.2) is 30.0 Å². The quantitative estimate of drug-likeness (QED) is 0.336. The number of halogens is 1. The Bertz CT molecular complexity index is 760. The van der Waals surface area contributed by atoms with Crippen LogP contribution in [0, 0.1) is 0 Å². The van der Waals surface area contributed by atoms with Gasteiger partial charge < -0.3 is 4.57 Å². The standard InChI is InChI=1S/C9H11BrN6O2S/c1-15-5-4(6(17)14-9(15)18)16(7(10)13-5)2-3-19-8(11)12/h2-3H2,1H3,(H3,11,12)(H,14,17,18)/p+1.